The van der Waals surface area contributed by atoms with Crippen molar-refractivity contribution in [3.05, 3.63) is 22.2 Å². The van der Waals surface area contributed by atoms with Crippen molar-refractivity contribution in [2.75, 3.05) is 17.6 Å². The van der Waals surface area contributed by atoms with Crippen molar-refractivity contribution in [2.24, 2.45) is 0 Å². The van der Waals surface area contributed by atoms with Crippen LogP contribution >= 0.6 is 0 Å². The second-order valence-corrected chi connectivity index (χ2v) is 4.04. The van der Waals surface area contributed by atoms with E-state index in [-0.39, 0.29) is 23.5 Å². The number of rotatable bonds is 3. The summed E-state index contributed by atoms with van der Waals surface area (Å²) in [6.07, 6.45) is 1.16. The number of nitrogens with zero attached hydrogens (tertiary/aromatic N) is 2. The van der Waals surface area contributed by atoms with Crippen LogP contribution in [0.15, 0.2) is 12.1 Å². The highest BCUT2D eigenvalue weighted by Gasteiger charge is 2.19. The number of nitrogens with one attached hydrogen (secondary N) is 2. The topological polar surface area (TPSA) is 123 Å². The molecule has 8 nitrogen and oxygen atoms in total. The van der Waals surface area contributed by atoms with Gasteiger partial charge < -0.3 is 16.4 Å². The van der Waals surface area contributed by atoms with Crippen LogP contribution in [0, 0.1) is 10.1 Å². The Hall–Kier alpha value is -2.38. The number of nitro groups is 1. The lowest BCUT2D eigenvalue weighted by Crippen LogP contribution is -2.42. The fraction of sp³-hybridized carbons (Fsp3) is 0.400. The predicted molar refractivity (Wildman–Crippen MR) is 65.0 cm³/mol. The normalized spacial score (nSPS) is 19.1. The quantitative estimate of drug-likeness (QED) is 0.523. The third-order valence-corrected chi connectivity index (χ3v) is 2.72. The van der Waals surface area contributed by atoms with Gasteiger partial charge in [0, 0.05) is 25.1 Å². The van der Waals surface area contributed by atoms with Crippen LogP contribution in [0.5, 0.6) is 0 Å². The third kappa shape index (κ3) is 2.65. The molecule has 1 fully saturated rings. The van der Waals surface area contributed by atoms with E-state index in [9.17, 15) is 14.9 Å². The number of hydrogen-bond donors (Lipinski definition) is 3. The van der Waals surface area contributed by atoms with Gasteiger partial charge in [0.25, 0.3) is 0 Å². The SMILES string of the molecule is Nc1nc(NC2CCC(=O)NC2)ccc1[N+](=O)[O-]. The summed E-state index contributed by atoms with van der Waals surface area (Å²) in [5.41, 5.74) is 5.28. The average molecular weight is 251 g/mol. The number of amides is 1. The molecule has 1 amide bonds. The summed E-state index contributed by atoms with van der Waals surface area (Å²) in [6.45, 7) is 0.511. The molecule has 0 spiro atoms. The first-order chi connectivity index (χ1) is 8.56. The number of hydrogen-bond acceptors (Lipinski definition) is 6. The zero-order chi connectivity index (χ0) is 13.1. The number of aromatic nitrogens is 1. The number of carbonyl (C=O) groups is 1. The predicted octanol–water partition coefficient (Wildman–Crippen LogP) is 0.263. The molecule has 96 valence electrons. The maximum absolute atomic E-state index is 11.0. The molecule has 0 bridgehead atoms. The van der Waals surface area contributed by atoms with Gasteiger partial charge in [-0.05, 0) is 12.5 Å². The summed E-state index contributed by atoms with van der Waals surface area (Å²) in [5, 5.41) is 16.4. The van der Waals surface area contributed by atoms with Gasteiger partial charge in [-0.15, -0.1) is 0 Å². The lowest BCUT2D eigenvalue weighted by Gasteiger charge is -2.23. The van der Waals surface area contributed by atoms with E-state index in [4.69, 9.17) is 5.73 Å². The van der Waals surface area contributed by atoms with Crippen LogP contribution in [0.25, 0.3) is 0 Å². The summed E-state index contributed by atoms with van der Waals surface area (Å²) < 4.78 is 0. The fourth-order valence-corrected chi connectivity index (χ4v) is 1.77. The van der Waals surface area contributed by atoms with E-state index in [2.05, 4.69) is 15.6 Å². The van der Waals surface area contributed by atoms with Crippen LogP contribution in [-0.2, 0) is 4.79 Å². The number of piperidine rings is 1. The second kappa shape index (κ2) is 4.86. The lowest BCUT2D eigenvalue weighted by atomic mass is 10.1. The smallest absolute Gasteiger partial charge is 0.311 e. The van der Waals surface area contributed by atoms with Gasteiger partial charge in [0.1, 0.15) is 5.82 Å². The summed E-state index contributed by atoms with van der Waals surface area (Å²) in [5.74, 6) is 0.383. The van der Waals surface area contributed by atoms with Crippen molar-refractivity contribution in [3.63, 3.8) is 0 Å². The molecule has 8 heteroatoms. The van der Waals surface area contributed by atoms with Crippen LogP contribution in [0.3, 0.4) is 0 Å². The first-order valence-electron chi connectivity index (χ1n) is 5.50. The van der Waals surface area contributed by atoms with E-state index < -0.39 is 4.92 Å². The molecule has 1 aromatic heterocycles. The number of pyridine rings is 1. The van der Waals surface area contributed by atoms with E-state index in [1.54, 1.807) is 0 Å². The molecule has 4 N–H and O–H groups in total. The molecule has 1 atom stereocenters. The molecule has 0 aromatic carbocycles. The van der Waals surface area contributed by atoms with Crippen molar-refractivity contribution < 1.29 is 9.72 Å². The highest BCUT2D eigenvalue weighted by molar-refractivity contribution is 5.77. The minimum Gasteiger partial charge on any atom is -0.378 e. The Labute approximate surface area is 103 Å². The molecule has 2 heterocycles. The Morgan fingerprint density at radius 2 is 2.33 bits per heavy atom. The number of nitrogens with two attached hydrogens (primary N) is 1. The van der Waals surface area contributed by atoms with Crippen LogP contribution < -0.4 is 16.4 Å². The Balaban J connectivity index is 2.04. The van der Waals surface area contributed by atoms with Crippen LogP contribution in [-0.4, -0.2) is 28.4 Å². The average Bonchev–Trinajstić information content (AvgIpc) is 2.32. The molecular formula is C10H13N5O3. The van der Waals surface area contributed by atoms with E-state index >= 15 is 0 Å². The molecule has 1 aliphatic heterocycles. The molecule has 1 aromatic rings. The van der Waals surface area contributed by atoms with Gasteiger partial charge in [-0.3, -0.25) is 14.9 Å². The molecule has 0 aliphatic carbocycles. The van der Waals surface area contributed by atoms with Crippen LogP contribution in [0.4, 0.5) is 17.3 Å². The molecule has 0 radical (unpaired) electrons. The van der Waals surface area contributed by atoms with E-state index in [1.807, 2.05) is 0 Å². The molecule has 2 rings (SSSR count). The summed E-state index contributed by atoms with van der Waals surface area (Å²) in [7, 11) is 0. The fourth-order valence-electron chi connectivity index (χ4n) is 1.77. The largest absolute Gasteiger partial charge is 0.378 e. The van der Waals surface area contributed by atoms with Gasteiger partial charge in [0.15, 0.2) is 0 Å². The van der Waals surface area contributed by atoms with Gasteiger partial charge in [-0.2, -0.15) is 0 Å². The Kier molecular flexibility index (Phi) is 3.26. The summed E-state index contributed by atoms with van der Waals surface area (Å²) >= 11 is 0. The van der Waals surface area contributed by atoms with Crippen molar-refractivity contribution in [3.8, 4) is 0 Å². The van der Waals surface area contributed by atoms with Gasteiger partial charge in [-0.1, -0.05) is 0 Å². The monoisotopic (exact) mass is 251 g/mol. The number of carbonyl (C=O) groups excluding carboxylic acids is 1. The molecular weight excluding hydrogens is 238 g/mol. The molecule has 0 saturated carbocycles. The van der Waals surface area contributed by atoms with Crippen molar-refractivity contribution in [1.29, 1.82) is 0 Å². The minimum absolute atomic E-state index is 0.0317. The number of nitrogen functional groups attached to an aromatic ring is 1. The first-order valence-corrected chi connectivity index (χ1v) is 5.50. The van der Waals surface area contributed by atoms with E-state index in [0.29, 0.717) is 25.2 Å². The highest BCUT2D eigenvalue weighted by atomic mass is 16.6. The van der Waals surface area contributed by atoms with Gasteiger partial charge in [-0.25, -0.2) is 4.98 Å². The first kappa shape index (κ1) is 12.1. The van der Waals surface area contributed by atoms with Crippen LogP contribution in [0.1, 0.15) is 12.8 Å². The van der Waals surface area contributed by atoms with Gasteiger partial charge >= 0.3 is 5.69 Å². The van der Waals surface area contributed by atoms with Crippen molar-refractivity contribution in [2.45, 2.75) is 18.9 Å². The Morgan fingerprint density at radius 3 is 2.89 bits per heavy atom. The lowest BCUT2D eigenvalue weighted by molar-refractivity contribution is -0.384. The van der Waals surface area contributed by atoms with Gasteiger partial charge in [0.2, 0.25) is 11.7 Å². The molecule has 1 aliphatic rings. The summed E-state index contributed by atoms with van der Waals surface area (Å²) in [4.78, 5) is 24.9. The molecule has 1 saturated heterocycles. The zero-order valence-corrected chi connectivity index (χ0v) is 9.55. The zero-order valence-electron chi connectivity index (χ0n) is 9.55. The van der Waals surface area contributed by atoms with E-state index in [1.165, 1.54) is 12.1 Å². The standard InChI is InChI=1S/C10H13N5O3/c11-10-7(15(17)18)2-3-8(14-10)13-6-1-4-9(16)12-5-6/h2-3,6H,1,4-5H2,(H,12,16)(H3,11,13,14). The van der Waals surface area contributed by atoms with E-state index in [0.717, 1.165) is 0 Å². The molecule has 18 heavy (non-hydrogen) atoms. The second-order valence-electron chi connectivity index (χ2n) is 4.04. The maximum atomic E-state index is 11.0. The summed E-state index contributed by atoms with van der Waals surface area (Å²) in [6, 6.07) is 2.88. The Morgan fingerprint density at radius 1 is 1.56 bits per heavy atom. The highest BCUT2D eigenvalue weighted by Crippen LogP contribution is 2.21. The van der Waals surface area contributed by atoms with Crippen molar-refractivity contribution in [1.82, 2.24) is 10.3 Å². The van der Waals surface area contributed by atoms with Gasteiger partial charge in [0.05, 0.1) is 4.92 Å². The third-order valence-electron chi connectivity index (χ3n) is 2.72. The maximum Gasteiger partial charge on any atom is 0.311 e. The Bertz CT molecular complexity index is 480. The number of anilines is 2. The minimum atomic E-state index is -0.576. The molecule has 1 unspecified atom stereocenters. The van der Waals surface area contributed by atoms with Crippen LogP contribution in [0.2, 0.25) is 0 Å². The van der Waals surface area contributed by atoms with Crippen molar-refractivity contribution >= 4 is 23.2 Å².